The highest BCUT2D eigenvalue weighted by Crippen LogP contribution is 2.34. The molecule has 0 fully saturated rings. The van der Waals surface area contributed by atoms with Crippen LogP contribution in [-0.2, 0) is 14.9 Å². The molecule has 0 unspecified atom stereocenters. The zero-order valence-corrected chi connectivity index (χ0v) is 19.9. The Balaban J connectivity index is 1.92. The molecule has 166 valence electrons. The number of benzene rings is 1. The fourth-order valence-corrected chi connectivity index (χ4v) is 4.88. The summed E-state index contributed by atoms with van der Waals surface area (Å²) in [4.78, 5) is 18.2. The van der Waals surface area contributed by atoms with Crippen LogP contribution < -0.4 is 8.92 Å². The van der Waals surface area contributed by atoms with Gasteiger partial charge in [0.1, 0.15) is 5.84 Å². The van der Waals surface area contributed by atoms with Gasteiger partial charge in [0.2, 0.25) is 5.17 Å². The van der Waals surface area contributed by atoms with Crippen LogP contribution in [0.15, 0.2) is 33.2 Å². The summed E-state index contributed by atoms with van der Waals surface area (Å²) in [6, 6.07) is 4.58. The Kier molecular flexibility index (Phi) is 7.12. The van der Waals surface area contributed by atoms with Gasteiger partial charge in [-0.1, -0.05) is 31.7 Å². The van der Waals surface area contributed by atoms with Crippen molar-refractivity contribution in [3.05, 3.63) is 29.3 Å². The molecular formula is C19H22N4O5S3. The van der Waals surface area contributed by atoms with E-state index in [0.717, 1.165) is 24.0 Å². The highest BCUT2D eigenvalue weighted by Gasteiger charge is 2.37. The number of thioether (sulfide) groups is 1. The lowest BCUT2D eigenvalue weighted by atomic mass is 10.1. The number of amides is 1. The summed E-state index contributed by atoms with van der Waals surface area (Å²) in [6.07, 6.45) is 2.46. The van der Waals surface area contributed by atoms with E-state index in [2.05, 4.69) is 23.2 Å². The van der Waals surface area contributed by atoms with Gasteiger partial charge < -0.3 is 8.92 Å². The maximum absolute atomic E-state index is 12.6. The molecule has 0 atom stereocenters. The zero-order chi connectivity index (χ0) is 22.8. The van der Waals surface area contributed by atoms with Crippen molar-refractivity contribution in [2.24, 2.45) is 15.3 Å². The molecule has 1 amide bonds. The Morgan fingerprint density at radius 2 is 2.06 bits per heavy atom. The number of hydrogen-bond donors (Lipinski definition) is 1. The van der Waals surface area contributed by atoms with Crippen molar-refractivity contribution in [1.82, 2.24) is 4.90 Å². The minimum Gasteiger partial charge on any atom is -0.490 e. The van der Waals surface area contributed by atoms with Crippen molar-refractivity contribution in [2.45, 2.75) is 20.8 Å². The summed E-state index contributed by atoms with van der Waals surface area (Å²) in [5.74, 6) is 0.982. The largest absolute Gasteiger partial charge is 0.490 e. The van der Waals surface area contributed by atoms with E-state index in [-0.39, 0.29) is 22.9 Å². The van der Waals surface area contributed by atoms with E-state index in [1.54, 1.807) is 24.0 Å². The van der Waals surface area contributed by atoms with Gasteiger partial charge in [-0.15, -0.1) is 0 Å². The maximum Gasteiger partial charge on any atom is 0.306 e. The first kappa shape index (κ1) is 23.4. The van der Waals surface area contributed by atoms with Crippen LogP contribution in [0, 0.1) is 11.3 Å². The standard InChI is InChI=1S/C19H22N4O5S3/c1-5-27-15-9-12(6-7-14(15)28-31(4,25)26)8-13-16(20)23-18(21-17(13)24)30-22-19(23)29-10-11(2)3/h6-9,11,20H,5,10H2,1-4H3/b13-8-,20-16?. The second-order valence-electron chi connectivity index (χ2n) is 7.04. The van der Waals surface area contributed by atoms with Crippen LogP contribution in [0.25, 0.3) is 6.08 Å². The number of carbonyl (C=O) groups is 1. The number of hydrogen-bond acceptors (Lipinski definition) is 9. The first-order valence-corrected chi connectivity index (χ1v) is 12.9. The highest BCUT2D eigenvalue weighted by molar-refractivity contribution is 8.19. The molecule has 2 heterocycles. The SMILES string of the molecule is CCOc1cc(/C=C2/C(=N)N3C(SCC(C)C)=NSC3=NC2=O)ccc1OS(C)(=O)=O. The molecule has 0 spiro atoms. The normalized spacial score (nSPS) is 17.7. The van der Waals surface area contributed by atoms with Gasteiger partial charge in [-0.05, 0) is 36.6 Å². The van der Waals surface area contributed by atoms with Crippen LogP contribution in [0.2, 0.25) is 0 Å². The quantitative estimate of drug-likeness (QED) is 0.357. The highest BCUT2D eigenvalue weighted by atomic mass is 32.2. The van der Waals surface area contributed by atoms with Gasteiger partial charge in [0.05, 0.1) is 30.4 Å². The van der Waals surface area contributed by atoms with Crippen molar-refractivity contribution in [2.75, 3.05) is 18.6 Å². The van der Waals surface area contributed by atoms with E-state index in [4.69, 9.17) is 14.3 Å². The molecule has 0 aromatic heterocycles. The summed E-state index contributed by atoms with van der Waals surface area (Å²) >= 11 is 2.59. The lowest BCUT2D eigenvalue weighted by molar-refractivity contribution is -0.114. The van der Waals surface area contributed by atoms with Gasteiger partial charge in [-0.2, -0.15) is 17.8 Å². The predicted octanol–water partition coefficient (Wildman–Crippen LogP) is 3.39. The zero-order valence-electron chi connectivity index (χ0n) is 17.4. The lowest BCUT2D eigenvalue weighted by Gasteiger charge is -2.24. The maximum atomic E-state index is 12.6. The van der Waals surface area contributed by atoms with Gasteiger partial charge in [0, 0.05) is 5.75 Å². The summed E-state index contributed by atoms with van der Waals surface area (Å²) in [6.45, 7) is 6.23. The first-order chi connectivity index (χ1) is 14.6. The molecule has 0 aliphatic carbocycles. The lowest BCUT2D eigenvalue weighted by Crippen LogP contribution is -2.41. The molecule has 31 heavy (non-hydrogen) atoms. The van der Waals surface area contributed by atoms with Crippen LogP contribution in [-0.4, -0.2) is 54.0 Å². The molecule has 1 aromatic carbocycles. The van der Waals surface area contributed by atoms with Crippen molar-refractivity contribution in [1.29, 1.82) is 5.41 Å². The molecule has 0 saturated heterocycles. The monoisotopic (exact) mass is 482 g/mol. The van der Waals surface area contributed by atoms with Crippen molar-refractivity contribution in [3.8, 4) is 11.5 Å². The summed E-state index contributed by atoms with van der Waals surface area (Å²) in [5, 5.41) is 9.56. The fourth-order valence-electron chi connectivity index (χ4n) is 2.62. The Morgan fingerprint density at radius 1 is 1.32 bits per heavy atom. The topological polar surface area (TPSA) is 121 Å². The summed E-state index contributed by atoms with van der Waals surface area (Å²) in [5.41, 5.74) is 0.638. The van der Waals surface area contributed by atoms with Crippen LogP contribution in [0.4, 0.5) is 0 Å². The van der Waals surface area contributed by atoms with Crippen LogP contribution in [0.5, 0.6) is 11.5 Å². The van der Waals surface area contributed by atoms with Crippen molar-refractivity contribution in [3.63, 3.8) is 0 Å². The Bertz CT molecular complexity index is 1110. The first-order valence-electron chi connectivity index (χ1n) is 9.37. The second-order valence-corrected chi connectivity index (χ2v) is 10.3. The minimum absolute atomic E-state index is 0.00979. The number of amidine groups is 3. The third kappa shape index (κ3) is 5.69. The van der Waals surface area contributed by atoms with E-state index in [9.17, 15) is 13.2 Å². The average Bonchev–Trinajstić information content (AvgIpc) is 3.07. The smallest absolute Gasteiger partial charge is 0.306 e. The predicted molar refractivity (Wildman–Crippen MR) is 125 cm³/mol. The van der Waals surface area contributed by atoms with Crippen LogP contribution >= 0.6 is 23.7 Å². The third-order valence-electron chi connectivity index (χ3n) is 3.86. The molecule has 1 aromatic rings. The van der Waals surface area contributed by atoms with Crippen LogP contribution in [0.3, 0.4) is 0 Å². The Labute approximate surface area is 189 Å². The van der Waals surface area contributed by atoms with Crippen molar-refractivity contribution >= 4 is 62.0 Å². The molecule has 0 bridgehead atoms. The molecule has 2 aliphatic heterocycles. The van der Waals surface area contributed by atoms with Crippen molar-refractivity contribution < 1.29 is 22.1 Å². The molecule has 0 saturated carbocycles. The summed E-state index contributed by atoms with van der Waals surface area (Å²) in [7, 11) is -3.73. The van der Waals surface area contributed by atoms with Gasteiger partial charge in [-0.25, -0.2) is 4.90 Å². The Hall–Kier alpha value is -2.31. The average molecular weight is 483 g/mol. The van der Waals surface area contributed by atoms with Gasteiger partial charge in [0.25, 0.3) is 5.91 Å². The van der Waals surface area contributed by atoms with Gasteiger partial charge in [-0.3, -0.25) is 10.2 Å². The Morgan fingerprint density at radius 3 is 2.71 bits per heavy atom. The number of nitrogens with zero attached hydrogens (tertiary/aromatic N) is 3. The van der Waals surface area contributed by atoms with Crippen LogP contribution in [0.1, 0.15) is 26.3 Å². The molecule has 9 nitrogen and oxygen atoms in total. The fraction of sp³-hybridized carbons (Fsp3) is 0.368. The van der Waals surface area contributed by atoms with Gasteiger partial charge >= 0.3 is 10.1 Å². The minimum atomic E-state index is -3.73. The number of aliphatic imine (C=N–C) groups is 1. The van der Waals surface area contributed by atoms with E-state index in [1.165, 1.54) is 23.9 Å². The van der Waals surface area contributed by atoms with E-state index in [0.29, 0.717) is 28.4 Å². The van der Waals surface area contributed by atoms with E-state index < -0.39 is 16.0 Å². The summed E-state index contributed by atoms with van der Waals surface area (Å²) < 4.78 is 37.7. The second kappa shape index (κ2) is 9.45. The molecule has 12 heteroatoms. The number of nitrogens with one attached hydrogen (secondary N) is 1. The number of fused-ring (bicyclic) bond motifs is 1. The van der Waals surface area contributed by atoms with E-state index in [1.807, 2.05) is 0 Å². The number of carbonyl (C=O) groups excluding carboxylic acids is 1. The molecule has 2 aliphatic rings. The molecule has 3 rings (SSSR count). The molecule has 1 N–H and O–H groups in total. The number of ether oxygens (including phenoxy) is 1. The molecule has 0 radical (unpaired) electrons. The van der Waals surface area contributed by atoms with Gasteiger partial charge in [0.15, 0.2) is 16.7 Å². The van der Waals surface area contributed by atoms with E-state index >= 15 is 0 Å². The third-order valence-corrected chi connectivity index (χ3v) is 6.52. The number of rotatable bonds is 7. The molecular weight excluding hydrogens is 460 g/mol.